The molecule has 0 atom stereocenters. The van der Waals surface area contributed by atoms with Crippen LogP contribution in [-0.4, -0.2) is 22.2 Å². The summed E-state index contributed by atoms with van der Waals surface area (Å²) in [7, 11) is 1.72. The standard InChI is InChI=1S/C11H14N4O2/c1-15-7-9(12)10(14-15)11(16)13-5-4-8-3-2-6-17-8/h2-3,6-7H,4-5,12H2,1H3,(H,13,16). The van der Waals surface area contributed by atoms with E-state index in [4.69, 9.17) is 10.2 Å². The van der Waals surface area contributed by atoms with E-state index in [9.17, 15) is 4.79 Å². The van der Waals surface area contributed by atoms with E-state index in [-0.39, 0.29) is 11.6 Å². The van der Waals surface area contributed by atoms with Crippen LogP contribution in [0.25, 0.3) is 0 Å². The van der Waals surface area contributed by atoms with Gasteiger partial charge in [0.1, 0.15) is 5.76 Å². The number of hydrogen-bond donors (Lipinski definition) is 2. The normalized spacial score (nSPS) is 10.4. The highest BCUT2D eigenvalue weighted by Gasteiger charge is 2.13. The van der Waals surface area contributed by atoms with Crippen LogP contribution in [0, 0.1) is 0 Å². The fraction of sp³-hybridized carbons (Fsp3) is 0.273. The second kappa shape index (κ2) is 4.73. The molecule has 90 valence electrons. The number of nitrogen functional groups attached to an aromatic ring is 1. The van der Waals surface area contributed by atoms with Gasteiger partial charge < -0.3 is 15.5 Å². The van der Waals surface area contributed by atoms with E-state index < -0.39 is 0 Å². The number of furan rings is 1. The van der Waals surface area contributed by atoms with Crippen LogP contribution in [0.5, 0.6) is 0 Å². The molecule has 0 bridgehead atoms. The minimum atomic E-state index is -0.269. The van der Waals surface area contributed by atoms with Gasteiger partial charge in [-0.05, 0) is 12.1 Å². The second-order valence-electron chi connectivity index (χ2n) is 3.69. The topological polar surface area (TPSA) is 86.1 Å². The minimum Gasteiger partial charge on any atom is -0.469 e. The van der Waals surface area contributed by atoms with Crippen molar-refractivity contribution in [1.29, 1.82) is 0 Å². The van der Waals surface area contributed by atoms with Gasteiger partial charge in [0.25, 0.3) is 5.91 Å². The summed E-state index contributed by atoms with van der Waals surface area (Å²) in [6, 6.07) is 3.68. The van der Waals surface area contributed by atoms with Crippen LogP contribution < -0.4 is 11.1 Å². The molecule has 0 radical (unpaired) electrons. The number of nitrogens with two attached hydrogens (primary N) is 1. The van der Waals surface area contributed by atoms with Crippen molar-refractivity contribution in [2.24, 2.45) is 7.05 Å². The average Bonchev–Trinajstić information content (AvgIpc) is 2.88. The van der Waals surface area contributed by atoms with Crippen molar-refractivity contribution in [3.63, 3.8) is 0 Å². The van der Waals surface area contributed by atoms with E-state index in [1.807, 2.05) is 12.1 Å². The number of nitrogens with one attached hydrogen (secondary N) is 1. The number of rotatable bonds is 4. The molecule has 0 spiro atoms. The first-order valence-electron chi connectivity index (χ1n) is 5.26. The monoisotopic (exact) mass is 234 g/mol. The van der Waals surface area contributed by atoms with Crippen molar-refractivity contribution in [2.45, 2.75) is 6.42 Å². The molecule has 6 heteroatoms. The maximum absolute atomic E-state index is 11.7. The Morgan fingerprint density at radius 1 is 1.65 bits per heavy atom. The lowest BCUT2D eigenvalue weighted by molar-refractivity contribution is 0.0949. The van der Waals surface area contributed by atoms with E-state index in [1.165, 1.54) is 4.68 Å². The van der Waals surface area contributed by atoms with Gasteiger partial charge in [-0.3, -0.25) is 9.48 Å². The third kappa shape index (κ3) is 2.66. The first-order valence-corrected chi connectivity index (χ1v) is 5.26. The Labute approximate surface area is 98.4 Å². The van der Waals surface area contributed by atoms with Gasteiger partial charge in [-0.1, -0.05) is 0 Å². The van der Waals surface area contributed by atoms with Crippen molar-refractivity contribution < 1.29 is 9.21 Å². The molecule has 0 aliphatic rings. The Kier molecular flexibility index (Phi) is 3.13. The maximum atomic E-state index is 11.7. The molecule has 6 nitrogen and oxygen atoms in total. The lowest BCUT2D eigenvalue weighted by Crippen LogP contribution is -2.26. The van der Waals surface area contributed by atoms with Gasteiger partial charge in [0.15, 0.2) is 5.69 Å². The zero-order valence-electron chi connectivity index (χ0n) is 9.51. The van der Waals surface area contributed by atoms with Gasteiger partial charge in [0.05, 0.1) is 12.0 Å². The highest BCUT2D eigenvalue weighted by Crippen LogP contribution is 2.07. The van der Waals surface area contributed by atoms with Crippen molar-refractivity contribution >= 4 is 11.6 Å². The summed E-state index contributed by atoms with van der Waals surface area (Å²) in [5.41, 5.74) is 6.28. The summed E-state index contributed by atoms with van der Waals surface area (Å²) in [5.74, 6) is 0.564. The molecule has 0 saturated heterocycles. The number of nitrogens with zero attached hydrogens (tertiary/aromatic N) is 2. The predicted octanol–water partition coefficient (Wildman–Crippen LogP) is 0.568. The first-order chi connectivity index (χ1) is 8.16. The van der Waals surface area contributed by atoms with Crippen LogP contribution in [0.2, 0.25) is 0 Å². The van der Waals surface area contributed by atoms with Crippen molar-refractivity contribution in [1.82, 2.24) is 15.1 Å². The molecule has 2 aromatic rings. The Morgan fingerprint density at radius 2 is 2.47 bits per heavy atom. The third-order valence-electron chi connectivity index (χ3n) is 2.31. The lowest BCUT2D eigenvalue weighted by Gasteiger charge is -2.01. The Morgan fingerprint density at radius 3 is 3.06 bits per heavy atom. The SMILES string of the molecule is Cn1cc(N)c(C(=O)NCCc2ccco2)n1. The van der Waals surface area contributed by atoms with Crippen LogP contribution >= 0.6 is 0 Å². The van der Waals surface area contributed by atoms with Gasteiger partial charge in [-0.2, -0.15) is 5.10 Å². The highest BCUT2D eigenvalue weighted by molar-refractivity contribution is 5.96. The molecule has 2 aromatic heterocycles. The molecule has 0 aliphatic heterocycles. The van der Waals surface area contributed by atoms with E-state index in [0.717, 1.165) is 5.76 Å². The van der Waals surface area contributed by atoms with Crippen molar-refractivity contribution in [3.05, 3.63) is 36.0 Å². The summed E-state index contributed by atoms with van der Waals surface area (Å²) in [6.07, 6.45) is 3.85. The van der Waals surface area contributed by atoms with Crippen molar-refractivity contribution in [2.75, 3.05) is 12.3 Å². The fourth-order valence-electron chi connectivity index (χ4n) is 1.52. The van der Waals surface area contributed by atoms with Crippen LogP contribution in [0.4, 0.5) is 5.69 Å². The highest BCUT2D eigenvalue weighted by atomic mass is 16.3. The summed E-state index contributed by atoms with van der Waals surface area (Å²) in [5, 5.41) is 6.72. The van der Waals surface area contributed by atoms with Crippen LogP contribution in [0.3, 0.4) is 0 Å². The summed E-state index contributed by atoms with van der Waals surface area (Å²) in [4.78, 5) is 11.7. The molecule has 17 heavy (non-hydrogen) atoms. The molecule has 2 heterocycles. The quantitative estimate of drug-likeness (QED) is 0.809. The van der Waals surface area contributed by atoms with Crippen LogP contribution in [0.15, 0.2) is 29.0 Å². The van der Waals surface area contributed by atoms with Gasteiger partial charge in [-0.25, -0.2) is 0 Å². The summed E-state index contributed by atoms with van der Waals surface area (Å²) in [6.45, 7) is 0.488. The molecule has 2 rings (SSSR count). The van der Waals surface area contributed by atoms with Gasteiger partial charge in [0.2, 0.25) is 0 Å². The third-order valence-corrected chi connectivity index (χ3v) is 2.31. The number of aryl methyl sites for hydroxylation is 1. The molecule has 0 unspecified atom stereocenters. The molecule has 3 N–H and O–H groups in total. The number of carbonyl (C=O) groups excluding carboxylic acids is 1. The molecular weight excluding hydrogens is 220 g/mol. The molecule has 0 aromatic carbocycles. The second-order valence-corrected chi connectivity index (χ2v) is 3.69. The summed E-state index contributed by atoms with van der Waals surface area (Å²) >= 11 is 0. The fourth-order valence-corrected chi connectivity index (χ4v) is 1.52. The summed E-state index contributed by atoms with van der Waals surface area (Å²) < 4.78 is 6.66. The first kappa shape index (κ1) is 11.3. The number of carbonyl (C=O) groups is 1. The lowest BCUT2D eigenvalue weighted by atomic mass is 10.3. The number of anilines is 1. The largest absolute Gasteiger partial charge is 0.469 e. The molecule has 0 aliphatic carbocycles. The zero-order valence-corrected chi connectivity index (χ0v) is 9.51. The van der Waals surface area contributed by atoms with Crippen LogP contribution in [0.1, 0.15) is 16.2 Å². The Bertz CT molecular complexity index is 502. The van der Waals surface area contributed by atoms with Crippen LogP contribution in [-0.2, 0) is 13.5 Å². The predicted molar refractivity (Wildman–Crippen MR) is 62.4 cm³/mol. The Balaban J connectivity index is 1.87. The van der Waals surface area contributed by atoms with Gasteiger partial charge in [0, 0.05) is 26.2 Å². The molecular formula is C11H14N4O2. The smallest absolute Gasteiger partial charge is 0.273 e. The molecule has 1 amide bonds. The van der Waals surface area contributed by atoms with E-state index in [2.05, 4.69) is 10.4 Å². The Hall–Kier alpha value is -2.24. The minimum absolute atomic E-state index is 0.256. The van der Waals surface area contributed by atoms with E-state index in [1.54, 1.807) is 19.5 Å². The molecule has 0 saturated carbocycles. The van der Waals surface area contributed by atoms with E-state index >= 15 is 0 Å². The van der Waals surface area contributed by atoms with Crippen molar-refractivity contribution in [3.8, 4) is 0 Å². The van der Waals surface area contributed by atoms with Gasteiger partial charge >= 0.3 is 0 Å². The number of aromatic nitrogens is 2. The zero-order chi connectivity index (χ0) is 12.3. The number of hydrogen-bond acceptors (Lipinski definition) is 4. The number of amides is 1. The molecule has 0 fully saturated rings. The average molecular weight is 234 g/mol. The van der Waals surface area contributed by atoms with E-state index in [0.29, 0.717) is 18.7 Å². The van der Waals surface area contributed by atoms with Gasteiger partial charge in [-0.15, -0.1) is 0 Å². The maximum Gasteiger partial charge on any atom is 0.273 e.